The van der Waals surface area contributed by atoms with E-state index in [1.165, 1.54) is 23.1 Å². The van der Waals surface area contributed by atoms with Crippen LogP contribution in [0.15, 0.2) is 71.6 Å². The summed E-state index contributed by atoms with van der Waals surface area (Å²) < 4.78 is 29.0. The minimum atomic E-state index is -4.19. The van der Waals surface area contributed by atoms with E-state index in [1.807, 2.05) is 20.8 Å². The van der Waals surface area contributed by atoms with Crippen LogP contribution in [0.1, 0.15) is 43.9 Å². The maximum atomic E-state index is 14.0. The minimum Gasteiger partial charge on any atom is -0.352 e. The number of rotatable bonds is 11. The molecule has 0 aliphatic heterocycles. The number of nitrogens with zero attached hydrogens (tertiary/aromatic N) is 2. The van der Waals surface area contributed by atoms with E-state index in [2.05, 4.69) is 5.32 Å². The van der Waals surface area contributed by atoms with Gasteiger partial charge in [0.25, 0.3) is 10.0 Å². The van der Waals surface area contributed by atoms with Crippen LogP contribution < -0.4 is 9.62 Å². The lowest BCUT2D eigenvalue weighted by Crippen LogP contribution is -2.52. The number of hydrogen-bond acceptors (Lipinski definition) is 4. The Hall–Kier alpha value is -3.07. The molecule has 0 heterocycles. The van der Waals surface area contributed by atoms with Crippen LogP contribution in [-0.4, -0.2) is 43.8 Å². The Morgan fingerprint density at radius 3 is 2.23 bits per heavy atom. The van der Waals surface area contributed by atoms with Crippen molar-refractivity contribution in [3.05, 3.63) is 93.5 Å². The van der Waals surface area contributed by atoms with Crippen molar-refractivity contribution in [2.75, 3.05) is 10.8 Å². The minimum absolute atomic E-state index is 0.0144. The number of amides is 2. The first-order chi connectivity index (χ1) is 18.8. The van der Waals surface area contributed by atoms with Crippen molar-refractivity contribution in [2.24, 2.45) is 0 Å². The van der Waals surface area contributed by atoms with E-state index < -0.39 is 28.5 Å². The van der Waals surface area contributed by atoms with Crippen LogP contribution in [-0.2, 0) is 26.2 Å². The summed E-state index contributed by atoms with van der Waals surface area (Å²) in [5.74, 6) is -0.914. The van der Waals surface area contributed by atoms with Crippen molar-refractivity contribution in [3.8, 4) is 0 Å². The van der Waals surface area contributed by atoms with Gasteiger partial charge >= 0.3 is 0 Å². The van der Waals surface area contributed by atoms with Gasteiger partial charge in [-0.05, 0) is 75.6 Å². The third kappa shape index (κ3) is 7.56. The van der Waals surface area contributed by atoms with Crippen molar-refractivity contribution in [3.63, 3.8) is 0 Å². The second-order valence-electron chi connectivity index (χ2n) is 9.86. The lowest BCUT2D eigenvalue weighted by Gasteiger charge is -2.33. The molecular weight excluding hydrogens is 569 g/mol. The molecule has 0 aromatic heterocycles. The summed E-state index contributed by atoms with van der Waals surface area (Å²) in [6.07, 6.45) is 0.716. The average Bonchev–Trinajstić information content (AvgIpc) is 2.92. The molecule has 3 rings (SSSR count). The molecular formula is C30H35Cl2N3O4S. The summed E-state index contributed by atoms with van der Waals surface area (Å²) in [6, 6.07) is 17.3. The molecule has 0 aliphatic rings. The number of carbonyl (C=O) groups excluding carboxylic acids is 2. The summed E-state index contributed by atoms with van der Waals surface area (Å²) in [5, 5.41) is 3.67. The van der Waals surface area contributed by atoms with Gasteiger partial charge in [0.15, 0.2) is 0 Å². The zero-order valence-corrected chi connectivity index (χ0v) is 25.6. The monoisotopic (exact) mass is 603 g/mol. The van der Waals surface area contributed by atoms with E-state index in [0.29, 0.717) is 27.6 Å². The van der Waals surface area contributed by atoms with Crippen molar-refractivity contribution in [2.45, 2.75) is 64.6 Å². The summed E-state index contributed by atoms with van der Waals surface area (Å²) in [4.78, 5) is 28.6. The van der Waals surface area contributed by atoms with Gasteiger partial charge in [0.05, 0.1) is 10.6 Å². The number of benzene rings is 3. The first kappa shape index (κ1) is 31.5. The first-order valence-corrected chi connectivity index (χ1v) is 15.2. The Bertz CT molecular complexity index is 1460. The summed E-state index contributed by atoms with van der Waals surface area (Å²) >= 11 is 12.7. The molecule has 3 aromatic carbocycles. The molecule has 3 aromatic rings. The van der Waals surface area contributed by atoms with E-state index in [9.17, 15) is 18.0 Å². The molecule has 10 heteroatoms. The van der Waals surface area contributed by atoms with E-state index in [0.717, 1.165) is 9.87 Å². The Kier molecular flexibility index (Phi) is 10.6. The van der Waals surface area contributed by atoms with Gasteiger partial charge in [-0.2, -0.15) is 0 Å². The molecule has 0 unspecified atom stereocenters. The lowest BCUT2D eigenvalue weighted by molar-refractivity contribution is -0.139. The molecule has 2 atom stereocenters. The van der Waals surface area contributed by atoms with Crippen LogP contribution >= 0.6 is 23.2 Å². The number of sulfonamides is 1. The SMILES string of the molecule is CC[C@@H](C)NC(=O)[C@@H](C)N(Cc1ccccc1Cl)C(=O)CN(c1cc(Cl)ccc1C)S(=O)(=O)c1ccc(C)cc1. The molecule has 0 fully saturated rings. The number of hydrogen-bond donors (Lipinski definition) is 1. The molecule has 7 nitrogen and oxygen atoms in total. The molecule has 0 saturated carbocycles. The number of nitrogens with one attached hydrogen (secondary N) is 1. The molecule has 0 saturated heterocycles. The van der Waals surface area contributed by atoms with E-state index in [-0.39, 0.29) is 29.1 Å². The zero-order chi connectivity index (χ0) is 29.6. The fraction of sp³-hybridized carbons (Fsp3) is 0.333. The molecule has 1 N–H and O–H groups in total. The molecule has 214 valence electrons. The molecule has 0 spiro atoms. The second-order valence-corrected chi connectivity index (χ2v) is 12.6. The van der Waals surface area contributed by atoms with Crippen LogP contribution in [0.2, 0.25) is 10.0 Å². The number of carbonyl (C=O) groups is 2. The molecule has 2 amide bonds. The maximum absolute atomic E-state index is 14.0. The van der Waals surface area contributed by atoms with Crippen molar-refractivity contribution >= 4 is 50.7 Å². The van der Waals surface area contributed by atoms with Gasteiger partial charge < -0.3 is 10.2 Å². The highest BCUT2D eigenvalue weighted by molar-refractivity contribution is 7.92. The largest absolute Gasteiger partial charge is 0.352 e. The van der Waals surface area contributed by atoms with Crippen molar-refractivity contribution in [1.29, 1.82) is 0 Å². The highest BCUT2D eigenvalue weighted by Gasteiger charge is 2.33. The smallest absolute Gasteiger partial charge is 0.264 e. The topological polar surface area (TPSA) is 86.8 Å². The highest BCUT2D eigenvalue weighted by atomic mass is 35.5. The van der Waals surface area contributed by atoms with Crippen LogP contribution in [0.3, 0.4) is 0 Å². The number of anilines is 1. The Balaban J connectivity index is 2.08. The first-order valence-electron chi connectivity index (χ1n) is 13.0. The van der Waals surface area contributed by atoms with Gasteiger partial charge in [-0.25, -0.2) is 8.42 Å². The fourth-order valence-corrected chi connectivity index (χ4v) is 5.89. The molecule has 0 radical (unpaired) electrons. The summed E-state index contributed by atoms with van der Waals surface area (Å²) in [7, 11) is -4.19. The summed E-state index contributed by atoms with van der Waals surface area (Å²) in [6.45, 7) is 8.51. The van der Waals surface area contributed by atoms with Gasteiger partial charge in [-0.15, -0.1) is 0 Å². The second kappa shape index (κ2) is 13.5. The number of aryl methyl sites for hydroxylation is 2. The standard InChI is InChI=1S/C30H35Cl2N3O4S/c1-6-22(4)33-30(37)23(5)34(18-24-9-7-8-10-27(24)32)29(36)19-35(28-17-25(31)14-13-21(28)3)40(38,39)26-15-11-20(2)12-16-26/h7-17,22-23H,6,18-19H2,1-5H3,(H,33,37)/t22-,23-/m1/s1. The van der Waals surface area contributed by atoms with E-state index >= 15 is 0 Å². The highest BCUT2D eigenvalue weighted by Crippen LogP contribution is 2.30. The van der Waals surface area contributed by atoms with Gasteiger partial charge in [0.2, 0.25) is 11.8 Å². The third-order valence-electron chi connectivity index (χ3n) is 6.79. The van der Waals surface area contributed by atoms with Crippen LogP contribution in [0.4, 0.5) is 5.69 Å². The predicted octanol–water partition coefficient (Wildman–Crippen LogP) is 6.14. The Morgan fingerprint density at radius 2 is 1.60 bits per heavy atom. The van der Waals surface area contributed by atoms with E-state index in [1.54, 1.807) is 62.4 Å². The lowest BCUT2D eigenvalue weighted by atomic mass is 10.1. The number of halogens is 2. The van der Waals surface area contributed by atoms with Crippen LogP contribution in [0.25, 0.3) is 0 Å². The predicted molar refractivity (Wildman–Crippen MR) is 161 cm³/mol. The van der Waals surface area contributed by atoms with E-state index in [4.69, 9.17) is 23.2 Å². The van der Waals surface area contributed by atoms with Gasteiger partial charge in [0.1, 0.15) is 12.6 Å². The van der Waals surface area contributed by atoms with Gasteiger partial charge in [-0.3, -0.25) is 13.9 Å². The fourth-order valence-electron chi connectivity index (χ4n) is 4.06. The normalized spacial score (nSPS) is 12.9. The Labute approximate surface area is 247 Å². The molecule has 40 heavy (non-hydrogen) atoms. The molecule has 0 aliphatic carbocycles. The Morgan fingerprint density at radius 1 is 0.950 bits per heavy atom. The summed E-state index contributed by atoms with van der Waals surface area (Å²) in [5.41, 5.74) is 2.42. The van der Waals surface area contributed by atoms with Crippen LogP contribution in [0.5, 0.6) is 0 Å². The maximum Gasteiger partial charge on any atom is 0.264 e. The zero-order valence-electron chi connectivity index (χ0n) is 23.3. The quantitative estimate of drug-likeness (QED) is 0.285. The van der Waals surface area contributed by atoms with Gasteiger partial charge in [0, 0.05) is 22.6 Å². The van der Waals surface area contributed by atoms with Crippen LogP contribution in [0, 0.1) is 13.8 Å². The average molecular weight is 605 g/mol. The third-order valence-corrected chi connectivity index (χ3v) is 9.17. The molecule has 0 bridgehead atoms. The van der Waals surface area contributed by atoms with Crippen molar-refractivity contribution in [1.82, 2.24) is 10.2 Å². The van der Waals surface area contributed by atoms with Crippen molar-refractivity contribution < 1.29 is 18.0 Å². The van der Waals surface area contributed by atoms with Gasteiger partial charge in [-0.1, -0.05) is 72.1 Å².